The summed E-state index contributed by atoms with van der Waals surface area (Å²) in [7, 11) is 0. The van der Waals surface area contributed by atoms with Gasteiger partial charge in [0.1, 0.15) is 0 Å². The van der Waals surface area contributed by atoms with Crippen LogP contribution in [0.4, 0.5) is 0 Å². The van der Waals surface area contributed by atoms with E-state index in [9.17, 15) is 0 Å². The number of aromatic nitrogens is 2. The summed E-state index contributed by atoms with van der Waals surface area (Å²) in [6, 6.07) is 14.6. The maximum Gasteiger partial charge on any atom is 0.0703 e. The van der Waals surface area contributed by atoms with Crippen LogP contribution in [0.15, 0.2) is 60.2 Å². The second kappa shape index (κ2) is 7.95. The Morgan fingerprint density at radius 2 is 2.08 bits per heavy atom. The predicted molar refractivity (Wildman–Crippen MR) is 101 cm³/mol. The molecule has 0 bridgehead atoms. The second-order valence-corrected chi connectivity index (χ2v) is 7.54. The summed E-state index contributed by atoms with van der Waals surface area (Å²) >= 11 is 1.82. The van der Waals surface area contributed by atoms with E-state index < -0.39 is 0 Å². The molecule has 0 N–H and O–H groups in total. The second-order valence-electron chi connectivity index (χ2n) is 6.51. The number of nitrogens with zero attached hydrogens (tertiary/aromatic N) is 3. The summed E-state index contributed by atoms with van der Waals surface area (Å²) in [6.07, 6.45) is 6.83. The van der Waals surface area contributed by atoms with Gasteiger partial charge in [-0.25, -0.2) is 4.68 Å². The zero-order valence-corrected chi connectivity index (χ0v) is 15.1. The Morgan fingerprint density at radius 1 is 1.16 bits per heavy atom. The number of rotatable bonds is 7. The molecule has 5 heteroatoms. The van der Waals surface area contributed by atoms with Gasteiger partial charge in [0.25, 0.3) is 0 Å². The molecule has 25 heavy (non-hydrogen) atoms. The molecule has 1 aliphatic rings. The van der Waals surface area contributed by atoms with Crippen LogP contribution in [0, 0.1) is 0 Å². The normalized spacial score (nSPS) is 17.4. The van der Waals surface area contributed by atoms with Crippen molar-refractivity contribution in [2.45, 2.75) is 32.0 Å². The Kier molecular flexibility index (Phi) is 5.25. The van der Waals surface area contributed by atoms with E-state index in [-0.39, 0.29) is 0 Å². The Balaban J connectivity index is 1.46. The first-order valence-electron chi connectivity index (χ1n) is 8.82. The van der Waals surface area contributed by atoms with Gasteiger partial charge >= 0.3 is 0 Å². The third kappa shape index (κ3) is 4.37. The highest BCUT2D eigenvalue weighted by Gasteiger charge is 2.20. The molecule has 4 rings (SSSR count). The Morgan fingerprint density at radius 3 is 2.84 bits per heavy atom. The van der Waals surface area contributed by atoms with E-state index in [0.717, 1.165) is 31.9 Å². The van der Waals surface area contributed by atoms with Crippen molar-refractivity contribution in [1.29, 1.82) is 0 Å². The number of ether oxygens (including phenoxy) is 1. The van der Waals surface area contributed by atoms with Crippen LogP contribution in [0.1, 0.15) is 23.3 Å². The molecule has 0 unspecified atom stereocenters. The Hall–Kier alpha value is -1.95. The molecular formula is C20H23N3OS. The van der Waals surface area contributed by atoms with Crippen LogP contribution >= 0.6 is 11.3 Å². The molecule has 3 heterocycles. The van der Waals surface area contributed by atoms with E-state index in [2.05, 4.69) is 45.8 Å². The van der Waals surface area contributed by atoms with Gasteiger partial charge in [-0.3, -0.25) is 4.90 Å². The number of para-hydroxylation sites is 1. The molecule has 0 spiro atoms. The van der Waals surface area contributed by atoms with Crippen LogP contribution in [0.25, 0.3) is 5.69 Å². The smallest absolute Gasteiger partial charge is 0.0703 e. The first kappa shape index (κ1) is 16.5. The van der Waals surface area contributed by atoms with Crippen molar-refractivity contribution in [3.8, 4) is 5.69 Å². The van der Waals surface area contributed by atoms with Crippen LogP contribution in [-0.2, 0) is 17.8 Å². The summed E-state index contributed by atoms with van der Waals surface area (Å²) in [5.74, 6) is 0. The molecule has 1 fully saturated rings. The molecular weight excluding hydrogens is 330 g/mol. The predicted octanol–water partition coefficient (Wildman–Crippen LogP) is 4.12. The zero-order chi connectivity index (χ0) is 16.9. The van der Waals surface area contributed by atoms with Gasteiger partial charge in [0, 0.05) is 42.9 Å². The van der Waals surface area contributed by atoms with Crippen LogP contribution < -0.4 is 0 Å². The fraction of sp³-hybridized carbons (Fsp3) is 0.350. The van der Waals surface area contributed by atoms with E-state index in [1.54, 1.807) is 0 Å². The quantitative estimate of drug-likeness (QED) is 0.640. The summed E-state index contributed by atoms with van der Waals surface area (Å²) in [5, 5.41) is 6.68. The van der Waals surface area contributed by atoms with Crippen molar-refractivity contribution < 1.29 is 4.74 Å². The number of hydrogen-bond donors (Lipinski definition) is 0. The third-order valence-electron chi connectivity index (χ3n) is 4.51. The van der Waals surface area contributed by atoms with Crippen molar-refractivity contribution >= 4 is 11.3 Å². The SMILES string of the molecule is c1ccc(-n2cc(CN(Cc3cccs3)C[C@@H]3CCCO3)cn2)cc1. The lowest BCUT2D eigenvalue weighted by Crippen LogP contribution is -2.31. The van der Waals surface area contributed by atoms with Crippen molar-refractivity contribution in [3.63, 3.8) is 0 Å². The van der Waals surface area contributed by atoms with Gasteiger partial charge < -0.3 is 4.74 Å². The maximum absolute atomic E-state index is 5.86. The summed E-state index contributed by atoms with van der Waals surface area (Å²) in [6.45, 7) is 3.75. The number of hydrogen-bond acceptors (Lipinski definition) is 4. The summed E-state index contributed by atoms with van der Waals surface area (Å²) in [5.41, 5.74) is 2.33. The van der Waals surface area contributed by atoms with Crippen LogP contribution in [0.2, 0.25) is 0 Å². The molecule has 3 aromatic rings. The molecule has 1 saturated heterocycles. The number of benzene rings is 1. The highest BCUT2D eigenvalue weighted by molar-refractivity contribution is 7.09. The average molecular weight is 353 g/mol. The van der Waals surface area contributed by atoms with Crippen LogP contribution in [0.3, 0.4) is 0 Å². The van der Waals surface area contributed by atoms with E-state index in [0.29, 0.717) is 6.10 Å². The van der Waals surface area contributed by atoms with Crippen LogP contribution in [0.5, 0.6) is 0 Å². The van der Waals surface area contributed by atoms with Gasteiger partial charge in [0.2, 0.25) is 0 Å². The van der Waals surface area contributed by atoms with Crippen molar-refractivity contribution in [2.24, 2.45) is 0 Å². The summed E-state index contributed by atoms with van der Waals surface area (Å²) in [4.78, 5) is 3.88. The molecule has 0 amide bonds. The number of thiophene rings is 1. The first-order valence-corrected chi connectivity index (χ1v) is 9.70. The molecule has 0 aliphatic carbocycles. The van der Waals surface area contributed by atoms with Gasteiger partial charge in [-0.15, -0.1) is 11.3 Å². The third-order valence-corrected chi connectivity index (χ3v) is 5.37. The fourth-order valence-electron chi connectivity index (χ4n) is 3.31. The van der Waals surface area contributed by atoms with Gasteiger partial charge in [-0.05, 0) is 36.4 Å². The molecule has 1 atom stereocenters. The highest BCUT2D eigenvalue weighted by atomic mass is 32.1. The van der Waals surface area contributed by atoms with E-state index in [4.69, 9.17) is 4.74 Å². The minimum atomic E-state index is 0.365. The van der Waals surface area contributed by atoms with E-state index in [1.165, 1.54) is 23.3 Å². The molecule has 2 aromatic heterocycles. The molecule has 4 nitrogen and oxygen atoms in total. The summed E-state index contributed by atoms with van der Waals surface area (Å²) < 4.78 is 7.80. The van der Waals surface area contributed by atoms with Gasteiger partial charge in [-0.2, -0.15) is 5.10 Å². The maximum atomic E-state index is 5.86. The van der Waals surface area contributed by atoms with E-state index >= 15 is 0 Å². The highest BCUT2D eigenvalue weighted by Crippen LogP contribution is 2.19. The van der Waals surface area contributed by atoms with Gasteiger partial charge in [0.15, 0.2) is 0 Å². The van der Waals surface area contributed by atoms with E-state index in [1.807, 2.05) is 40.4 Å². The average Bonchev–Trinajstić information content (AvgIpc) is 3.38. The van der Waals surface area contributed by atoms with Gasteiger partial charge in [0.05, 0.1) is 18.0 Å². The molecule has 0 saturated carbocycles. The Bertz CT molecular complexity index is 763. The Labute approximate surface area is 152 Å². The minimum absolute atomic E-state index is 0.365. The molecule has 130 valence electrons. The topological polar surface area (TPSA) is 30.3 Å². The fourth-order valence-corrected chi connectivity index (χ4v) is 4.05. The lowest BCUT2D eigenvalue weighted by atomic mass is 10.2. The van der Waals surface area contributed by atoms with Crippen molar-refractivity contribution in [3.05, 3.63) is 70.7 Å². The largest absolute Gasteiger partial charge is 0.377 e. The van der Waals surface area contributed by atoms with Crippen molar-refractivity contribution in [1.82, 2.24) is 14.7 Å². The lowest BCUT2D eigenvalue weighted by Gasteiger charge is -2.24. The zero-order valence-electron chi connectivity index (χ0n) is 14.3. The molecule has 1 aromatic carbocycles. The first-order chi connectivity index (χ1) is 12.4. The van der Waals surface area contributed by atoms with Crippen LogP contribution in [-0.4, -0.2) is 33.9 Å². The lowest BCUT2D eigenvalue weighted by molar-refractivity contribution is 0.0682. The van der Waals surface area contributed by atoms with Crippen molar-refractivity contribution in [2.75, 3.05) is 13.2 Å². The molecule has 0 radical (unpaired) electrons. The minimum Gasteiger partial charge on any atom is -0.377 e. The standard InChI is InChI=1S/C20H23N3OS/c1-2-6-18(7-3-1)23-14-17(12-21-23)13-22(15-19-8-4-10-24-19)16-20-9-5-11-25-20/h1-3,5-7,9,11-12,14,19H,4,8,10,13,15-16H2/t19-/m0/s1. The van der Waals surface area contributed by atoms with Gasteiger partial charge in [-0.1, -0.05) is 24.3 Å². The monoisotopic (exact) mass is 353 g/mol. The molecule has 1 aliphatic heterocycles.